The quantitative estimate of drug-likeness (QED) is 0.917. The molecule has 0 spiro atoms. The van der Waals surface area contributed by atoms with Crippen molar-refractivity contribution in [2.75, 3.05) is 11.4 Å². The van der Waals surface area contributed by atoms with Crippen molar-refractivity contribution in [1.82, 2.24) is 20.1 Å². The Morgan fingerprint density at radius 1 is 1.29 bits per heavy atom. The smallest absolute Gasteiger partial charge is 0.286 e. The molecule has 1 atom stereocenters. The summed E-state index contributed by atoms with van der Waals surface area (Å²) in [5.74, 6) is -0.498. The first-order valence-corrected chi connectivity index (χ1v) is 7.82. The molecule has 0 saturated carbocycles. The maximum absolute atomic E-state index is 13.1. The van der Waals surface area contributed by atoms with Gasteiger partial charge in [0, 0.05) is 24.8 Å². The fourth-order valence-corrected chi connectivity index (χ4v) is 2.51. The van der Waals surface area contributed by atoms with Gasteiger partial charge in [-0.25, -0.2) is 4.39 Å². The van der Waals surface area contributed by atoms with E-state index in [4.69, 9.17) is 0 Å². The zero-order valence-electron chi connectivity index (χ0n) is 13.5. The number of benzene rings is 1. The van der Waals surface area contributed by atoms with Crippen LogP contribution in [-0.2, 0) is 6.54 Å². The van der Waals surface area contributed by atoms with Crippen molar-refractivity contribution in [3.05, 3.63) is 46.1 Å². The highest BCUT2D eigenvalue weighted by Crippen LogP contribution is 2.26. The molecule has 0 fully saturated rings. The number of amides is 1. The summed E-state index contributed by atoms with van der Waals surface area (Å²) in [6, 6.07) is 5.86. The predicted octanol–water partition coefficient (Wildman–Crippen LogP) is 1.46. The van der Waals surface area contributed by atoms with Gasteiger partial charge in [0.15, 0.2) is 0 Å². The molecule has 0 saturated heterocycles. The summed E-state index contributed by atoms with van der Waals surface area (Å²) < 4.78 is 14.5. The van der Waals surface area contributed by atoms with E-state index in [9.17, 15) is 14.0 Å². The summed E-state index contributed by atoms with van der Waals surface area (Å²) in [5, 5.41) is 10.6. The van der Waals surface area contributed by atoms with Gasteiger partial charge in [-0.15, -0.1) is 10.2 Å². The summed E-state index contributed by atoms with van der Waals surface area (Å²) in [4.78, 5) is 26.4. The zero-order chi connectivity index (χ0) is 17.3. The third kappa shape index (κ3) is 2.86. The van der Waals surface area contributed by atoms with E-state index in [-0.39, 0.29) is 17.6 Å². The highest BCUT2D eigenvalue weighted by Gasteiger charge is 2.27. The van der Waals surface area contributed by atoms with Crippen LogP contribution in [0.5, 0.6) is 0 Å². The Morgan fingerprint density at radius 2 is 2.00 bits per heavy atom. The van der Waals surface area contributed by atoms with Gasteiger partial charge in [0.25, 0.3) is 11.5 Å². The molecule has 7 nitrogen and oxygen atoms in total. The molecule has 8 heteroatoms. The molecule has 1 amide bonds. The monoisotopic (exact) mass is 331 g/mol. The van der Waals surface area contributed by atoms with Crippen LogP contribution in [0.15, 0.2) is 29.1 Å². The Hall–Kier alpha value is -2.77. The van der Waals surface area contributed by atoms with Gasteiger partial charge >= 0.3 is 0 Å². The number of nitrogens with zero attached hydrogens (tertiary/aromatic N) is 4. The van der Waals surface area contributed by atoms with Crippen LogP contribution in [0.25, 0.3) is 0 Å². The van der Waals surface area contributed by atoms with Crippen LogP contribution in [0.1, 0.15) is 30.8 Å². The number of hydrogen-bond donors (Lipinski definition) is 1. The van der Waals surface area contributed by atoms with Gasteiger partial charge in [0.1, 0.15) is 5.82 Å². The van der Waals surface area contributed by atoms with E-state index in [0.717, 1.165) is 6.42 Å². The fourth-order valence-electron chi connectivity index (χ4n) is 2.51. The lowest BCUT2D eigenvalue weighted by Crippen LogP contribution is -2.38. The Balaban J connectivity index is 1.92. The largest absolute Gasteiger partial charge is 0.348 e. The normalized spacial score (nSPS) is 14.4. The molecule has 2 heterocycles. The molecule has 2 aromatic rings. The van der Waals surface area contributed by atoms with Crippen LogP contribution < -0.4 is 15.8 Å². The minimum absolute atomic E-state index is 0.0485. The number of carbonyl (C=O) groups is 1. The van der Waals surface area contributed by atoms with Crippen molar-refractivity contribution >= 4 is 17.5 Å². The number of rotatable bonds is 4. The molecule has 1 aliphatic rings. The van der Waals surface area contributed by atoms with Crippen LogP contribution in [0, 0.1) is 5.82 Å². The third-order valence-corrected chi connectivity index (χ3v) is 4.06. The first-order chi connectivity index (χ1) is 11.5. The van der Waals surface area contributed by atoms with Crippen molar-refractivity contribution in [2.45, 2.75) is 32.9 Å². The number of halogens is 1. The molecule has 3 rings (SSSR count). The van der Waals surface area contributed by atoms with E-state index >= 15 is 0 Å². The fraction of sp³-hybridized carbons (Fsp3) is 0.375. The van der Waals surface area contributed by atoms with Crippen LogP contribution in [0.4, 0.5) is 16.0 Å². The molecule has 0 unspecified atom stereocenters. The standard InChI is InChI=1S/C16H18FN5O2/c1-3-10(2)18-14(23)13-15(24)22-9-8-21(16(22)20-19-13)12-6-4-11(17)5-7-12/h4-7,10H,3,8-9H2,1-2H3,(H,18,23)/t10-/m1/s1. The third-order valence-electron chi connectivity index (χ3n) is 4.06. The first-order valence-electron chi connectivity index (χ1n) is 7.82. The maximum atomic E-state index is 13.1. The van der Waals surface area contributed by atoms with Gasteiger partial charge in [-0.3, -0.25) is 14.2 Å². The van der Waals surface area contributed by atoms with Crippen LogP contribution in [0.2, 0.25) is 0 Å². The summed E-state index contributed by atoms with van der Waals surface area (Å²) in [5.41, 5.74) is 0.0403. The second-order valence-electron chi connectivity index (χ2n) is 5.72. The van der Waals surface area contributed by atoms with E-state index in [1.807, 2.05) is 13.8 Å². The molecule has 0 aliphatic carbocycles. The lowest BCUT2D eigenvalue weighted by Gasteiger charge is -2.16. The minimum Gasteiger partial charge on any atom is -0.348 e. The number of nitrogens with one attached hydrogen (secondary N) is 1. The first kappa shape index (κ1) is 16.1. The number of anilines is 2. The molecule has 1 N–H and O–H groups in total. The highest BCUT2D eigenvalue weighted by atomic mass is 19.1. The zero-order valence-corrected chi connectivity index (χ0v) is 13.5. The Labute approximate surface area is 138 Å². The van der Waals surface area contributed by atoms with Crippen LogP contribution in [0.3, 0.4) is 0 Å². The highest BCUT2D eigenvalue weighted by molar-refractivity contribution is 5.92. The lowest BCUT2D eigenvalue weighted by atomic mass is 10.2. The summed E-state index contributed by atoms with van der Waals surface area (Å²) in [6.45, 7) is 4.69. The Bertz CT molecular complexity index is 818. The van der Waals surface area contributed by atoms with Gasteiger partial charge in [-0.1, -0.05) is 6.92 Å². The minimum atomic E-state index is -0.516. The second-order valence-corrected chi connectivity index (χ2v) is 5.72. The van der Waals surface area contributed by atoms with Gasteiger partial charge < -0.3 is 10.2 Å². The molecule has 0 bridgehead atoms. The number of carbonyl (C=O) groups excluding carboxylic acids is 1. The molecule has 1 aliphatic heterocycles. The van der Waals surface area contributed by atoms with Crippen LogP contribution in [-0.4, -0.2) is 33.3 Å². The average molecular weight is 331 g/mol. The van der Waals surface area contributed by atoms with Crippen molar-refractivity contribution in [2.24, 2.45) is 0 Å². The summed E-state index contributed by atoms with van der Waals surface area (Å²) in [6.07, 6.45) is 0.754. The maximum Gasteiger partial charge on any atom is 0.286 e. The molecular formula is C16H18FN5O2. The van der Waals surface area contributed by atoms with E-state index < -0.39 is 11.5 Å². The van der Waals surface area contributed by atoms with Crippen molar-refractivity contribution in [1.29, 1.82) is 0 Å². The molecule has 0 radical (unpaired) electrons. The number of hydrogen-bond acceptors (Lipinski definition) is 5. The molecule has 1 aromatic heterocycles. The van der Waals surface area contributed by atoms with E-state index in [1.165, 1.54) is 16.7 Å². The summed E-state index contributed by atoms with van der Waals surface area (Å²) in [7, 11) is 0. The topological polar surface area (TPSA) is 80.1 Å². The second kappa shape index (κ2) is 6.38. The Morgan fingerprint density at radius 3 is 2.67 bits per heavy atom. The van der Waals surface area contributed by atoms with E-state index in [1.54, 1.807) is 17.0 Å². The van der Waals surface area contributed by atoms with Gasteiger partial charge in [-0.2, -0.15) is 0 Å². The van der Waals surface area contributed by atoms with Crippen molar-refractivity contribution in [3.63, 3.8) is 0 Å². The molecule has 126 valence electrons. The average Bonchev–Trinajstić information content (AvgIpc) is 3.00. The number of fused-ring (bicyclic) bond motifs is 1. The lowest BCUT2D eigenvalue weighted by molar-refractivity contribution is 0.0930. The molecule has 1 aromatic carbocycles. The predicted molar refractivity (Wildman–Crippen MR) is 86.9 cm³/mol. The van der Waals surface area contributed by atoms with Crippen LogP contribution >= 0.6 is 0 Å². The van der Waals surface area contributed by atoms with Gasteiger partial charge in [0.2, 0.25) is 11.6 Å². The number of aromatic nitrogens is 3. The summed E-state index contributed by atoms with van der Waals surface area (Å²) >= 11 is 0. The van der Waals surface area contributed by atoms with Gasteiger partial charge in [-0.05, 0) is 37.6 Å². The van der Waals surface area contributed by atoms with Gasteiger partial charge in [0.05, 0.1) is 0 Å². The molecular weight excluding hydrogens is 313 g/mol. The molecule has 24 heavy (non-hydrogen) atoms. The van der Waals surface area contributed by atoms with Crippen molar-refractivity contribution in [3.8, 4) is 0 Å². The Kier molecular flexibility index (Phi) is 4.28. The van der Waals surface area contributed by atoms with E-state index in [0.29, 0.717) is 24.7 Å². The van der Waals surface area contributed by atoms with E-state index in [2.05, 4.69) is 15.5 Å². The van der Waals surface area contributed by atoms with Crippen molar-refractivity contribution < 1.29 is 9.18 Å². The SMILES string of the molecule is CC[C@@H](C)NC(=O)c1nnc2n(c1=O)CCN2c1ccc(F)cc1.